The molecule has 0 spiro atoms. The topological polar surface area (TPSA) is 49.8 Å². The minimum absolute atomic E-state index is 0. The molecule has 0 aliphatic carbocycles. The second kappa shape index (κ2) is 15.5. The van der Waals surface area contributed by atoms with Gasteiger partial charge in [0, 0.05) is 51.4 Å². The van der Waals surface area contributed by atoms with Crippen LogP contribution in [-0.2, 0) is 32.4 Å². The largest absolute Gasteiger partial charge is 0.378 e. The third kappa shape index (κ3) is 8.00. The molecule has 5 nitrogen and oxygen atoms in total. The van der Waals surface area contributed by atoms with E-state index in [0.29, 0.717) is 28.0 Å². The second-order valence-corrected chi connectivity index (χ2v) is 13.0. The molecule has 7 rings (SSSR count). The van der Waals surface area contributed by atoms with Crippen LogP contribution < -0.4 is 4.57 Å². The van der Waals surface area contributed by atoms with Crippen molar-refractivity contribution >= 4 is 39.1 Å². The van der Waals surface area contributed by atoms with Gasteiger partial charge in [0.15, 0.2) is 0 Å². The maximum atomic E-state index is 16.5. The number of hydrogen-bond donors (Lipinski definition) is 1. The number of imidazole rings is 1. The number of alkyl halides is 2. The molecule has 262 valence electrons. The third-order valence-electron chi connectivity index (χ3n) is 8.00. The molecule has 0 unspecified atom stereocenters. The van der Waals surface area contributed by atoms with Gasteiger partial charge in [0.25, 0.3) is 12.2 Å². The number of nitrogens with zero attached hydrogens (tertiary/aromatic N) is 4. The molecular weight excluding hydrogens is 820 g/mol. The van der Waals surface area contributed by atoms with Gasteiger partial charge in [0.1, 0.15) is 0 Å². The summed E-state index contributed by atoms with van der Waals surface area (Å²) < 4.78 is 77.4. The van der Waals surface area contributed by atoms with Gasteiger partial charge in [0.05, 0.1) is 23.6 Å². The van der Waals surface area contributed by atoms with Crippen LogP contribution in [0.25, 0.3) is 44.2 Å². The number of aromatic amines is 1. The van der Waals surface area contributed by atoms with Crippen LogP contribution in [-0.4, -0.2) is 20.7 Å². The summed E-state index contributed by atoms with van der Waals surface area (Å²) in [7, 11) is 0. The van der Waals surface area contributed by atoms with E-state index in [2.05, 4.69) is 59.9 Å². The summed E-state index contributed by atoms with van der Waals surface area (Å²) in [6.07, 6.45) is 13.6. The summed E-state index contributed by atoms with van der Waals surface area (Å²) in [6, 6.07) is 18.5. The normalized spacial score (nSPS) is 13.5. The van der Waals surface area contributed by atoms with Crippen molar-refractivity contribution in [3.63, 3.8) is 0 Å². The number of fused-ring (bicyclic) bond motifs is 4. The smallest absolute Gasteiger partial charge is 0.268 e. The standard InChI is InChI=1S/C35H26F2N4.C8H13N.Pt/c1-34(2,3)24-17-25(35(36,37)23-13-14-28-29-21-38-16-15-30(29)39-31(28)20-23)19-27(18-24)41-22-40(26-9-5-4-6-10-26)32-11-7-8-12-33(32)41;1-4-9-7-5-6-8(2)3;/h4-18,21,39H,1-3H3;4-8H,1H2,2-3H3;/q-2;;/b;6-5+,9-7?;/i4D,5D,6D,9D,10D;;. The van der Waals surface area contributed by atoms with E-state index in [-0.39, 0.29) is 43.6 Å². The summed E-state index contributed by atoms with van der Waals surface area (Å²) in [4.78, 5) is 11.1. The Kier molecular flexibility index (Phi) is 9.35. The third-order valence-corrected chi connectivity index (χ3v) is 8.00. The Bertz CT molecular complexity index is 2610. The summed E-state index contributed by atoms with van der Waals surface area (Å²) in [5, 5.41) is 1.55. The van der Waals surface area contributed by atoms with Crippen LogP contribution in [0, 0.1) is 24.4 Å². The van der Waals surface area contributed by atoms with Gasteiger partial charge in [-0.05, 0) is 46.6 Å². The molecule has 0 aliphatic heterocycles. The van der Waals surface area contributed by atoms with Crippen LogP contribution in [0.15, 0.2) is 127 Å². The molecule has 0 fully saturated rings. The Hall–Kier alpha value is -5.00. The van der Waals surface area contributed by atoms with Crippen molar-refractivity contribution in [3.05, 3.63) is 157 Å². The number of rotatable bonds is 7. The van der Waals surface area contributed by atoms with Gasteiger partial charge in [-0.1, -0.05) is 106 Å². The number of pyridine rings is 1. The van der Waals surface area contributed by atoms with Gasteiger partial charge in [-0.25, -0.2) is 8.78 Å². The van der Waals surface area contributed by atoms with E-state index >= 15 is 8.78 Å². The van der Waals surface area contributed by atoms with E-state index in [1.165, 1.54) is 27.5 Å². The van der Waals surface area contributed by atoms with Crippen LogP contribution >= 0.6 is 0 Å². The van der Waals surface area contributed by atoms with E-state index in [9.17, 15) is 0 Å². The van der Waals surface area contributed by atoms with Gasteiger partial charge in [-0.3, -0.25) is 14.5 Å². The fourth-order valence-corrected chi connectivity index (χ4v) is 5.42. The zero-order valence-corrected chi connectivity index (χ0v) is 31.1. The summed E-state index contributed by atoms with van der Waals surface area (Å²) in [6.45, 7) is 13.5. The minimum atomic E-state index is -3.49. The molecule has 0 amide bonds. The first kappa shape index (κ1) is 30.8. The Morgan fingerprint density at radius 1 is 1.00 bits per heavy atom. The summed E-state index contributed by atoms with van der Waals surface area (Å²) in [5.74, 6) is -2.90. The Labute approximate surface area is 319 Å². The fourth-order valence-electron chi connectivity index (χ4n) is 5.42. The minimum Gasteiger partial charge on any atom is -0.378 e. The number of nitrogens with one attached hydrogen (secondary N) is 1. The molecule has 1 N–H and O–H groups in total. The molecule has 0 radical (unpaired) electrons. The molecule has 3 aromatic heterocycles. The Morgan fingerprint density at radius 3 is 2.49 bits per heavy atom. The van der Waals surface area contributed by atoms with Gasteiger partial charge >= 0.3 is 0 Å². The maximum absolute atomic E-state index is 16.5. The maximum Gasteiger partial charge on any atom is 0.268 e. The molecule has 51 heavy (non-hydrogen) atoms. The molecule has 4 aromatic carbocycles. The quantitative estimate of drug-likeness (QED) is 0.0969. The number of H-pyrrole nitrogens is 1. The van der Waals surface area contributed by atoms with Crippen molar-refractivity contribution in [1.29, 1.82) is 0 Å². The van der Waals surface area contributed by atoms with E-state index in [1.807, 2.05) is 26.8 Å². The molecular formula is C43H39F2N5Pt-2. The molecule has 0 atom stereocenters. The van der Waals surface area contributed by atoms with Crippen molar-refractivity contribution in [2.75, 3.05) is 0 Å². The fraction of sp³-hybridized carbons (Fsp3) is 0.186. The predicted molar refractivity (Wildman–Crippen MR) is 199 cm³/mol. The second-order valence-electron chi connectivity index (χ2n) is 13.0. The first-order valence-corrected chi connectivity index (χ1v) is 16.1. The van der Waals surface area contributed by atoms with Crippen LogP contribution in [0.2, 0.25) is 0 Å². The average Bonchev–Trinajstić information content (AvgIpc) is 3.73. The zero-order chi connectivity index (χ0) is 39.8. The molecule has 8 heteroatoms. The summed E-state index contributed by atoms with van der Waals surface area (Å²) in [5.41, 5.74) is 1.74. The average molecular weight is 864 g/mol. The molecule has 0 saturated heterocycles. The number of para-hydroxylation sites is 3. The van der Waals surface area contributed by atoms with Gasteiger partial charge in [-0.15, -0.1) is 11.5 Å². The molecule has 7 aromatic rings. The number of halogens is 2. The summed E-state index contributed by atoms with van der Waals surface area (Å²) >= 11 is 0. The van der Waals surface area contributed by atoms with E-state index in [1.54, 1.807) is 61.1 Å². The van der Waals surface area contributed by atoms with Crippen LogP contribution in [0.4, 0.5) is 8.78 Å². The van der Waals surface area contributed by atoms with Crippen molar-refractivity contribution in [1.82, 2.24) is 14.5 Å². The number of aliphatic imine (C=N–C) groups is 1. The van der Waals surface area contributed by atoms with Gasteiger partial charge < -0.3 is 9.55 Å². The van der Waals surface area contributed by atoms with Crippen LogP contribution in [0.1, 0.15) is 58.2 Å². The van der Waals surface area contributed by atoms with Gasteiger partial charge in [-0.2, -0.15) is 35.9 Å². The van der Waals surface area contributed by atoms with Crippen molar-refractivity contribution in [2.24, 2.45) is 10.9 Å². The van der Waals surface area contributed by atoms with Gasteiger partial charge in [0.2, 0.25) is 0 Å². The number of benzene rings is 4. The first-order chi connectivity index (χ1) is 26.0. The Morgan fingerprint density at radius 2 is 1.76 bits per heavy atom. The SMILES string of the molecule is C=CN=C/C=C/C(C)C.[2H]c1c([2H])c([2H])c(-[n+]2[c-]n(-c3[c-]c(C(F)(F)c4[c-]c5[nH]c6ccncc6c5cc4)cc(C(C)(C)C)c3)c3ccccc32)c([2H])c1[2H].[Pt]. The molecule has 0 saturated carbocycles. The van der Waals surface area contributed by atoms with Crippen molar-refractivity contribution in [3.8, 4) is 11.4 Å². The molecule has 3 heterocycles. The van der Waals surface area contributed by atoms with Crippen molar-refractivity contribution in [2.45, 2.75) is 46.0 Å². The van der Waals surface area contributed by atoms with Crippen LogP contribution in [0.5, 0.6) is 0 Å². The van der Waals surface area contributed by atoms with Crippen LogP contribution in [0.3, 0.4) is 0 Å². The first-order valence-electron chi connectivity index (χ1n) is 18.6. The number of aromatic nitrogens is 4. The monoisotopic (exact) mass is 863 g/mol. The number of hydrogen-bond acceptors (Lipinski definition) is 2. The van der Waals surface area contributed by atoms with E-state index in [0.717, 1.165) is 16.3 Å². The van der Waals surface area contributed by atoms with E-state index in [4.69, 9.17) is 6.85 Å². The van der Waals surface area contributed by atoms with Crippen molar-refractivity contribution < 1.29 is 41.3 Å². The van der Waals surface area contributed by atoms with E-state index < -0.39 is 41.5 Å². The molecule has 0 aliphatic rings. The predicted octanol–water partition coefficient (Wildman–Crippen LogP) is 10.2. The number of allylic oxidation sites excluding steroid dienone is 2. The molecule has 0 bridgehead atoms. The zero-order valence-electron chi connectivity index (χ0n) is 33.8. The Balaban J connectivity index is 0.000000537.